The minimum absolute atomic E-state index is 0.0633. The summed E-state index contributed by atoms with van der Waals surface area (Å²) in [7, 11) is 0. The lowest BCUT2D eigenvalue weighted by Crippen LogP contribution is -1.92. The zero-order valence-corrected chi connectivity index (χ0v) is 11.0. The summed E-state index contributed by atoms with van der Waals surface area (Å²) in [5, 5.41) is 1.13. The highest BCUT2D eigenvalue weighted by molar-refractivity contribution is 14.1. The van der Waals surface area contributed by atoms with Crippen LogP contribution in [0.25, 0.3) is 10.8 Å². The molecule has 2 rings (SSSR count). The molecule has 0 saturated carbocycles. The first-order valence-electron chi connectivity index (χ1n) is 5.19. The SMILES string of the molecule is CCCc1ccc2c(F)c(I)c(F)cc2c1. The molecular weight excluding hydrogens is 321 g/mol. The van der Waals surface area contributed by atoms with E-state index in [1.807, 2.05) is 12.1 Å². The van der Waals surface area contributed by atoms with Gasteiger partial charge in [0.2, 0.25) is 0 Å². The maximum absolute atomic E-state index is 13.7. The number of fused-ring (bicyclic) bond motifs is 1. The van der Waals surface area contributed by atoms with E-state index in [1.54, 1.807) is 28.7 Å². The summed E-state index contributed by atoms with van der Waals surface area (Å²) in [6.07, 6.45) is 1.96. The average molecular weight is 332 g/mol. The highest BCUT2D eigenvalue weighted by Gasteiger charge is 2.11. The van der Waals surface area contributed by atoms with Gasteiger partial charge in [0.05, 0.1) is 3.57 Å². The normalized spacial score (nSPS) is 11.0. The standard InChI is InChI=1S/C13H11F2I/c1-2-3-8-4-5-10-9(6-8)7-11(14)13(16)12(10)15/h4-7H,2-3H2,1H3. The van der Waals surface area contributed by atoms with Crippen molar-refractivity contribution in [3.8, 4) is 0 Å². The van der Waals surface area contributed by atoms with Crippen LogP contribution in [0.1, 0.15) is 18.9 Å². The van der Waals surface area contributed by atoms with Crippen LogP contribution in [0.15, 0.2) is 24.3 Å². The second-order valence-electron chi connectivity index (χ2n) is 3.79. The van der Waals surface area contributed by atoms with Gasteiger partial charge in [0, 0.05) is 5.39 Å². The highest BCUT2D eigenvalue weighted by atomic mass is 127. The molecule has 0 unspecified atom stereocenters. The molecule has 0 nitrogen and oxygen atoms in total. The van der Waals surface area contributed by atoms with E-state index in [0.717, 1.165) is 18.4 Å². The fraction of sp³-hybridized carbons (Fsp3) is 0.231. The van der Waals surface area contributed by atoms with E-state index in [0.29, 0.717) is 10.8 Å². The molecule has 0 aliphatic heterocycles. The Morgan fingerprint density at radius 1 is 1.19 bits per heavy atom. The summed E-state index contributed by atoms with van der Waals surface area (Å²) in [5.74, 6) is -0.946. The van der Waals surface area contributed by atoms with Gasteiger partial charge in [0.15, 0.2) is 0 Å². The predicted octanol–water partition coefficient (Wildman–Crippen LogP) is 4.68. The third kappa shape index (κ3) is 2.05. The summed E-state index contributed by atoms with van der Waals surface area (Å²) < 4.78 is 27.2. The molecule has 0 bridgehead atoms. The minimum Gasteiger partial charge on any atom is -0.206 e. The van der Waals surface area contributed by atoms with Crippen LogP contribution < -0.4 is 0 Å². The smallest absolute Gasteiger partial charge is 0.147 e. The molecule has 0 amide bonds. The maximum Gasteiger partial charge on any atom is 0.147 e. The number of benzene rings is 2. The van der Waals surface area contributed by atoms with Crippen molar-refractivity contribution in [1.82, 2.24) is 0 Å². The van der Waals surface area contributed by atoms with E-state index < -0.39 is 11.6 Å². The quantitative estimate of drug-likeness (QED) is 0.554. The van der Waals surface area contributed by atoms with Gasteiger partial charge in [-0.25, -0.2) is 8.78 Å². The third-order valence-corrected chi connectivity index (χ3v) is 3.56. The zero-order chi connectivity index (χ0) is 11.7. The van der Waals surface area contributed by atoms with Crippen LogP contribution in [-0.4, -0.2) is 0 Å². The molecular formula is C13H11F2I. The third-order valence-electron chi connectivity index (χ3n) is 2.58. The molecule has 0 aromatic heterocycles. The van der Waals surface area contributed by atoms with Gasteiger partial charge in [0.25, 0.3) is 0 Å². The summed E-state index contributed by atoms with van der Waals surface area (Å²) in [6, 6.07) is 6.90. The van der Waals surface area contributed by atoms with Crippen molar-refractivity contribution in [1.29, 1.82) is 0 Å². The Morgan fingerprint density at radius 3 is 2.62 bits per heavy atom. The molecule has 84 valence electrons. The highest BCUT2D eigenvalue weighted by Crippen LogP contribution is 2.26. The molecule has 2 aromatic carbocycles. The van der Waals surface area contributed by atoms with Crippen molar-refractivity contribution >= 4 is 33.4 Å². The fourth-order valence-corrected chi connectivity index (χ4v) is 2.24. The van der Waals surface area contributed by atoms with Crippen molar-refractivity contribution in [3.63, 3.8) is 0 Å². The first-order valence-corrected chi connectivity index (χ1v) is 6.27. The molecule has 0 aliphatic carbocycles. The second kappa shape index (κ2) is 4.65. The van der Waals surface area contributed by atoms with Gasteiger partial charge >= 0.3 is 0 Å². The van der Waals surface area contributed by atoms with E-state index in [2.05, 4.69) is 6.92 Å². The Hall–Kier alpha value is -0.710. The Kier molecular flexibility index (Phi) is 3.42. The second-order valence-corrected chi connectivity index (χ2v) is 4.87. The van der Waals surface area contributed by atoms with Crippen molar-refractivity contribution in [3.05, 3.63) is 45.0 Å². The lowest BCUT2D eigenvalue weighted by atomic mass is 10.0. The topological polar surface area (TPSA) is 0 Å². The van der Waals surface area contributed by atoms with Crippen molar-refractivity contribution in [2.24, 2.45) is 0 Å². The van der Waals surface area contributed by atoms with Crippen molar-refractivity contribution in [2.45, 2.75) is 19.8 Å². The van der Waals surface area contributed by atoms with Crippen LogP contribution in [-0.2, 0) is 6.42 Å². The van der Waals surface area contributed by atoms with E-state index in [1.165, 1.54) is 6.07 Å². The Balaban J connectivity index is 2.66. The molecule has 3 heteroatoms. The molecule has 0 atom stereocenters. The van der Waals surface area contributed by atoms with Crippen LogP contribution in [0.5, 0.6) is 0 Å². The first-order chi connectivity index (χ1) is 7.63. The van der Waals surface area contributed by atoms with Crippen molar-refractivity contribution in [2.75, 3.05) is 0 Å². The van der Waals surface area contributed by atoms with Gasteiger partial charge in [-0.15, -0.1) is 0 Å². The van der Waals surface area contributed by atoms with Gasteiger partial charge < -0.3 is 0 Å². The maximum atomic E-state index is 13.7. The molecule has 0 N–H and O–H groups in total. The van der Waals surface area contributed by atoms with E-state index in [-0.39, 0.29) is 3.57 Å². The lowest BCUT2D eigenvalue weighted by molar-refractivity contribution is 0.579. The van der Waals surface area contributed by atoms with Crippen LogP contribution in [0.3, 0.4) is 0 Å². The van der Waals surface area contributed by atoms with Crippen LogP contribution in [0, 0.1) is 15.2 Å². The van der Waals surface area contributed by atoms with Gasteiger partial charge in [0.1, 0.15) is 11.6 Å². The van der Waals surface area contributed by atoms with Gasteiger partial charge in [-0.1, -0.05) is 31.5 Å². The summed E-state index contributed by atoms with van der Waals surface area (Å²) in [4.78, 5) is 0. The number of rotatable bonds is 2. The molecule has 0 heterocycles. The number of hydrogen-bond acceptors (Lipinski definition) is 0. The van der Waals surface area contributed by atoms with Gasteiger partial charge in [-0.2, -0.15) is 0 Å². The molecule has 0 fully saturated rings. The summed E-state index contributed by atoms with van der Waals surface area (Å²) in [6.45, 7) is 2.08. The van der Waals surface area contributed by atoms with Gasteiger partial charge in [-0.05, 0) is 46.0 Å². The predicted molar refractivity (Wildman–Crippen MR) is 70.6 cm³/mol. The minimum atomic E-state index is -0.487. The van der Waals surface area contributed by atoms with Gasteiger partial charge in [-0.3, -0.25) is 0 Å². The van der Waals surface area contributed by atoms with Crippen molar-refractivity contribution < 1.29 is 8.78 Å². The van der Waals surface area contributed by atoms with Crippen LogP contribution in [0.4, 0.5) is 8.78 Å². The number of aryl methyl sites for hydroxylation is 1. The molecule has 16 heavy (non-hydrogen) atoms. The number of hydrogen-bond donors (Lipinski definition) is 0. The molecule has 0 aliphatic rings. The molecule has 0 saturated heterocycles. The van der Waals surface area contributed by atoms with Crippen LogP contribution >= 0.6 is 22.6 Å². The molecule has 2 aromatic rings. The Morgan fingerprint density at radius 2 is 1.94 bits per heavy atom. The lowest BCUT2D eigenvalue weighted by Gasteiger charge is -2.05. The van der Waals surface area contributed by atoms with Crippen LogP contribution in [0.2, 0.25) is 0 Å². The largest absolute Gasteiger partial charge is 0.206 e. The molecule has 0 radical (unpaired) electrons. The first kappa shape index (κ1) is 11.8. The zero-order valence-electron chi connectivity index (χ0n) is 8.86. The van der Waals surface area contributed by atoms with E-state index in [4.69, 9.17) is 0 Å². The fourth-order valence-electron chi connectivity index (χ4n) is 1.80. The summed E-state index contributed by atoms with van der Waals surface area (Å²) >= 11 is 1.69. The number of halogens is 3. The molecule has 0 spiro atoms. The Bertz CT molecular complexity index is 535. The monoisotopic (exact) mass is 332 g/mol. The van der Waals surface area contributed by atoms with E-state index >= 15 is 0 Å². The van der Waals surface area contributed by atoms with E-state index in [9.17, 15) is 8.78 Å². The Labute approximate surface area is 107 Å². The average Bonchev–Trinajstić information content (AvgIpc) is 2.26. The summed E-state index contributed by atoms with van der Waals surface area (Å²) in [5.41, 5.74) is 1.12.